The summed E-state index contributed by atoms with van der Waals surface area (Å²) >= 11 is 6.14. The van der Waals surface area contributed by atoms with Crippen molar-refractivity contribution in [2.45, 2.75) is 6.54 Å². The minimum absolute atomic E-state index is 0.551. The number of hydrogen-bond acceptors (Lipinski definition) is 3. The summed E-state index contributed by atoms with van der Waals surface area (Å²) in [5, 5.41) is 0.551. The zero-order valence-electron chi connectivity index (χ0n) is 10.5. The van der Waals surface area contributed by atoms with Crippen LogP contribution in [0.3, 0.4) is 0 Å². The number of pyridine rings is 1. The van der Waals surface area contributed by atoms with Gasteiger partial charge in [-0.15, -0.1) is 0 Å². The number of halogens is 1. The molecule has 96 valence electrons. The van der Waals surface area contributed by atoms with Gasteiger partial charge in [-0.05, 0) is 30.8 Å². The molecule has 3 heterocycles. The number of nitrogens with zero attached hydrogens (tertiary/aromatic N) is 4. The fraction of sp³-hybridized carbons (Fsp3) is 0.462. The van der Waals surface area contributed by atoms with E-state index in [2.05, 4.69) is 27.9 Å². The van der Waals surface area contributed by atoms with Gasteiger partial charge >= 0.3 is 0 Å². The lowest BCUT2D eigenvalue weighted by atomic mass is 10.2. The van der Waals surface area contributed by atoms with Crippen LogP contribution in [0.5, 0.6) is 0 Å². The van der Waals surface area contributed by atoms with Crippen molar-refractivity contribution in [3.05, 3.63) is 35.4 Å². The van der Waals surface area contributed by atoms with Crippen LogP contribution < -0.4 is 0 Å². The normalized spacial score (nSPS) is 18.6. The molecule has 0 unspecified atom stereocenters. The number of rotatable bonds is 2. The van der Waals surface area contributed by atoms with Crippen molar-refractivity contribution in [1.82, 2.24) is 19.2 Å². The summed E-state index contributed by atoms with van der Waals surface area (Å²) in [6.07, 6.45) is 1.96. The van der Waals surface area contributed by atoms with Gasteiger partial charge in [0.15, 0.2) is 0 Å². The molecule has 0 aromatic carbocycles. The van der Waals surface area contributed by atoms with Crippen molar-refractivity contribution in [3.63, 3.8) is 0 Å². The van der Waals surface area contributed by atoms with Crippen LogP contribution in [0.1, 0.15) is 5.69 Å². The fourth-order valence-electron chi connectivity index (χ4n) is 2.40. The fourth-order valence-corrected chi connectivity index (χ4v) is 2.65. The van der Waals surface area contributed by atoms with Crippen molar-refractivity contribution >= 4 is 17.1 Å². The van der Waals surface area contributed by atoms with Crippen LogP contribution in [0.25, 0.3) is 5.52 Å². The maximum Gasteiger partial charge on any atom is 0.207 e. The molecule has 1 saturated heterocycles. The van der Waals surface area contributed by atoms with Crippen molar-refractivity contribution in [1.29, 1.82) is 0 Å². The number of imidazole rings is 1. The van der Waals surface area contributed by atoms with E-state index in [0.717, 1.165) is 43.9 Å². The Bertz CT molecular complexity index is 543. The summed E-state index contributed by atoms with van der Waals surface area (Å²) < 4.78 is 1.94. The molecule has 0 radical (unpaired) electrons. The number of aromatic nitrogens is 2. The quantitative estimate of drug-likeness (QED) is 0.826. The van der Waals surface area contributed by atoms with Crippen LogP contribution in [0, 0.1) is 0 Å². The third kappa shape index (κ3) is 2.23. The lowest BCUT2D eigenvalue weighted by molar-refractivity contribution is 0.147. The van der Waals surface area contributed by atoms with Gasteiger partial charge in [0, 0.05) is 38.9 Å². The SMILES string of the molecule is CN1CCN(Cc2nc(Cl)n3ccccc23)CC1. The molecule has 5 heteroatoms. The van der Waals surface area contributed by atoms with Gasteiger partial charge < -0.3 is 4.90 Å². The second kappa shape index (κ2) is 4.88. The summed E-state index contributed by atoms with van der Waals surface area (Å²) in [6, 6.07) is 6.07. The third-order valence-corrected chi connectivity index (χ3v) is 3.82. The van der Waals surface area contributed by atoms with Crippen LogP contribution >= 0.6 is 11.6 Å². The molecule has 1 fully saturated rings. The second-order valence-corrected chi connectivity index (χ2v) is 5.20. The molecule has 3 rings (SSSR count). The molecule has 0 N–H and O–H groups in total. The first-order valence-corrected chi connectivity index (χ1v) is 6.64. The number of likely N-dealkylation sites (N-methyl/N-ethyl adjacent to an activating group) is 1. The predicted octanol–water partition coefficient (Wildman–Crippen LogP) is 1.74. The molecule has 0 atom stereocenters. The van der Waals surface area contributed by atoms with Gasteiger partial charge in [0.25, 0.3) is 0 Å². The molecule has 1 aliphatic heterocycles. The molecule has 2 aromatic rings. The van der Waals surface area contributed by atoms with Gasteiger partial charge in [-0.2, -0.15) is 0 Å². The van der Waals surface area contributed by atoms with Crippen LogP contribution in [0.15, 0.2) is 24.4 Å². The molecule has 0 saturated carbocycles. The van der Waals surface area contributed by atoms with E-state index < -0.39 is 0 Å². The van der Waals surface area contributed by atoms with E-state index in [1.807, 2.05) is 22.7 Å². The highest BCUT2D eigenvalue weighted by atomic mass is 35.5. The van der Waals surface area contributed by atoms with E-state index in [9.17, 15) is 0 Å². The van der Waals surface area contributed by atoms with Crippen molar-refractivity contribution < 1.29 is 0 Å². The van der Waals surface area contributed by atoms with Crippen molar-refractivity contribution in [3.8, 4) is 0 Å². The summed E-state index contributed by atoms with van der Waals surface area (Å²) in [7, 11) is 2.17. The van der Waals surface area contributed by atoms with Crippen LogP contribution in [0.4, 0.5) is 0 Å². The van der Waals surface area contributed by atoms with E-state index in [1.54, 1.807) is 0 Å². The molecular weight excluding hydrogens is 248 g/mol. The van der Waals surface area contributed by atoms with E-state index in [1.165, 1.54) is 0 Å². The first-order chi connectivity index (χ1) is 8.74. The van der Waals surface area contributed by atoms with E-state index in [-0.39, 0.29) is 0 Å². The monoisotopic (exact) mass is 264 g/mol. The third-order valence-electron chi connectivity index (χ3n) is 3.55. The Labute approximate surface area is 112 Å². The molecule has 18 heavy (non-hydrogen) atoms. The largest absolute Gasteiger partial charge is 0.304 e. The minimum atomic E-state index is 0.551. The first kappa shape index (κ1) is 12.0. The van der Waals surface area contributed by atoms with E-state index in [4.69, 9.17) is 11.6 Å². The highest BCUT2D eigenvalue weighted by molar-refractivity contribution is 6.28. The predicted molar refractivity (Wildman–Crippen MR) is 73.0 cm³/mol. The zero-order valence-corrected chi connectivity index (χ0v) is 11.3. The topological polar surface area (TPSA) is 23.8 Å². The molecule has 4 nitrogen and oxygen atoms in total. The maximum atomic E-state index is 6.14. The number of hydrogen-bond donors (Lipinski definition) is 0. The van der Waals surface area contributed by atoms with Crippen LogP contribution in [-0.2, 0) is 6.54 Å². The van der Waals surface area contributed by atoms with Gasteiger partial charge in [-0.3, -0.25) is 9.30 Å². The summed E-state index contributed by atoms with van der Waals surface area (Å²) in [4.78, 5) is 9.27. The lowest BCUT2D eigenvalue weighted by Gasteiger charge is -2.31. The van der Waals surface area contributed by atoms with Gasteiger partial charge in [0.05, 0.1) is 11.2 Å². The Morgan fingerprint density at radius 1 is 1.22 bits per heavy atom. The van der Waals surface area contributed by atoms with Gasteiger partial charge in [0.2, 0.25) is 5.28 Å². The van der Waals surface area contributed by atoms with Gasteiger partial charge in [0.1, 0.15) is 0 Å². The Hall–Kier alpha value is -1.10. The van der Waals surface area contributed by atoms with Crippen molar-refractivity contribution in [2.24, 2.45) is 0 Å². The molecule has 0 amide bonds. The molecule has 0 bridgehead atoms. The molecular formula is C13H17ClN4. The Balaban J connectivity index is 1.82. The Morgan fingerprint density at radius 3 is 2.78 bits per heavy atom. The number of fused-ring (bicyclic) bond motifs is 1. The highest BCUT2D eigenvalue weighted by Crippen LogP contribution is 2.18. The van der Waals surface area contributed by atoms with E-state index >= 15 is 0 Å². The summed E-state index contributed by atoms with van der Waals surface area (Å²) in [5.41, 5.74) is 2.19. The van der Waals surface area contributed by atoms with Crippen molar-refractivity contribution in [2.75, 3.05) is 33.2 Å². The van der Waals surface area contributed by atoms with Crippen LogP contribution in [0.2, 0.25) is 5.28 Å². The minimum Gasteiger partial charge on any atom is -0.304 e. The molecule has 0 spiro atoms. The standard InChI is InChI=1S/C13H17ClN4/c1-16-6-8-17(9-7-16)10-11-12-4-2-3-5-18(12)13(14)15-11/h2-5H,6-10H2,1H3. The lowest BCUT2D eigenvalue weighted by Crippen LogP contribution is -2.43. The molecule has 2 aromatic heterocycles. The zero-order chi connectivity index (χ0) is 12.5. The second-order valence-electron chi connectivity index (χ2n) is 4.86. The summed E-state index contributed by atoms with van der Waals surface area (Å²) in [5.74, 6) is 0. The number of piperazine rings is 1. The van der Waals surface area contributed by atoms with Gasteiger partial charge in [-0.1, -0.05) is 6.07 Å². The average Bonchev–Trinajstić information content (AvgIpc) is 2.70. The Kier molecular flexibility index (Phi) is 3.24. The smallest absolute Gasteiger partial charge is 0.207 e. The van der Waals surface area contributed by atoms with E-state index in [0.29, 0.717) is 5.28 Å². The highest BCUT2D eigenvalue weighted by Gasteiger charge is 2.17. The van der Waals surface area contributed by atoms with Gasteiger partial charge in [-0.25, -0.2) is 4.98 Å². The summed E-state index contributed by atoms with van der Waals surface area (Å²) in [6.45, 7) is 5.33. The van der Waals surface area contributed by atoms with Crippen LogP contribution in [-0.4, -0.2) is 52.4 Å². The Morgan fingerprint density at radius 2 is 2.00 bits per heavy atom. The molecule has 1 aliphatic rings. The molecule has 0 aliphatic carbocycles. The maximum absolute atomic E-state index is 6.14. The first-order valence-electron chi connectivity index (χ1n) is 6.26. The average molecular weight is 265 g/mol.